The number of ether oxygens (including phenoxy) is 1. The van der Waals surface area contributed by atoms with Crippen LogP contribution in [-0.2, 0) is 9.53 Å². The zero-order valence-electron chi connectivity index (χ0n) is 11.1. The molecule has 1 aromatic carbocycles. The second-order valence-electron chi connectivity index (χ2n) is 4.27. The lowest BCUT2D eigenvalue weighted by Gasteiger charge is -2.11. The third kappa shape index (κ3) is 4.89. The van der Waals surface area contributed by atoms with Gasteiger partial charge in [-0.1, -0.05) is 25.4 Å². The molecule has 0 spiro atoms. The van der Waals surface area contributed by atoms with E-state index in [0.29, 0.717) is 10.7 Å². The number of nitrogens with one attached hydrogen (secondary N) is 2. The quantitative estimate of drug-likeness (QED) is 0.812. The van der Waals surface area contributed by atoms with Gasteiger partial charge in [0, 0.05) is 11.1 Å². The lowest BCUT2D eigenvalue weighted by molar-refractivity contribution is -0.115. The number of carbonyl (C=O) groups excluding carboxylic acids is 2. The molecule has 2 N–H and O–H groups in total. The van der Waals surface area contributed by atoms with Gasteiger partial charge >= 0.3 is 5.97 Å². The van der Waals surface area contributed by atoms with Gasteiger partial charge in [0.25, 0.3) is 0 Å². The number of benzene rings is 1. The molecule has 0 aromatic heterocycles. The summed E-state index contributed by atoms with van der Waals surface area (Å²) in [5, 5.41) is 6.03. The van der Waals surface area contributed by atoms with Gasteiger partial charge in [-0.2, -0.15) is 0 Å². The molecule has 1 rings (SSSR count). The van der Waals surface area contributed by atoms with Gasteiger partial charge < -0.3 is 15.4 Å². The van der Waals surface area contributed by atoms with Crippen molar-refractivity contribution < 1.29 is 14.3 Å². The summed E-state index contributed by atoms with van der Waals surface area (Å²) in [5.41, 5.74) is 0.611. The van der Waals surface area contributed by atoms with E-state index in [0.717, 1.165) is 0 Å². The zero-order valence-corrected chi connectivity index (χ0v) is 11.9. The van der Waals surface area contributed by atoms with E-state index in [1.165, 1.54) is 13.2 Å². The SMILES string of the molecule is COC(=O)c1cc(Cl)ccc1NC(=O)CNC(C)C. The van der Waals surface area contributed by atoms with Crippen molar-refractivity contribution >= 4 is 29.2 Å². The molecule has 0 heterocycles. The summed E-state index contributed by atoms with van der Waals surface area (Å²) in [6, 6.07) is 4.83. The van der Waals surface area contributed by atoms with E-state index in [4.69, 9.17) is 11.6 Å². The monoisotopic (exact) mass is 284 g/mol. The van der Waals surface area contributed by atoms with Gasteiger partial charge in [0.05, 0.1) is 24.9 Å². The maximum atomic E-state index is 11.7. The molecule has 0 aliphatic rings. The molecule has 1 amide bonds. The van der Waals surface area contributed by atoms with Gasteiger partial charge in [0.1, 0.15) is 0 Å². The highest BCUT2D eigenvalue weighted by molar-refractivity contribution is 6.31. The summed E-state index contributed by atoms with van der Waals surface area (Å²) < 4.78 is 4.65. The Morgan fingerprint density at radius 3 is 2.63 bits per heavy atom. The fourth-order valence-corrected chi connectivity index (χ4v) is 1.57. The van der Waals surface area contributed by atoms with Crippen molar-refractivity contribution in [3.05, 3.63) is 28.8 Å². The average molecular weight is 285 g/mol. The highest BCUT2D eigenvalue weighted by atomic mass is 35.5. The molecule has 19 heavy (non-hydrogen) atoms. The summed E-state index contributed by atoms with van der Waals surface area (Å²) in [6.45, 7) is 4.05. The molecule has 0 saturated carbocycles. The van der Waals surface area contributed by atoms with Gasteiger partial charge in [-0.15, -0.1) is 0 Å². The number of amides is 1. The molecule has 1 aromatic rings. The minimum atomic E-state index is -0.547. The van der Waals surface area contributed by atoms with Gasteiger partial charge in [0.15, 0.2) is 0 Å². The molecule has 0 atom stereocenters. The fourth-order valence-electron chi connectivity index (χ4n) is 1.40. The summed E-state index contributed by atoms with van der Waals surface area (Å²) in [6.07, 6.45) is 0. The Bertz CT molecular complexity index is 475. The van der Waals surface area contributed by atoms with Crippen LogP contribution in [0.5, 0.6) is 0 Å². The Balaban J connectivity index is 2.82. The van der Waals surface area contributed by atoms with Gasteiger partial charge in [-0.05, 0) is 18.2 Å². The van der Waals surface area contributed by atoms with E-state index in [-0.39, 0.29) is 24.1 Å². The van der Waals surface area contributed by atoms with E-state index < -0.39 is 5.97 Å². The molecule has 104 valence electrons. The lowest BCUT2D eigenvalue weighted by Crippen LogP contribution is -2.33. The largest absolute Gasteiger partial charge is 0.465 e. The second kappa shape index (κ2) is 7.11. The maximum Gasteiger partial charge on any atom is 0.340 e. The van der Waals surface area contributed by atoms with Crippen molar-refractivity contribution in [1.82, 2.24) is 5.32 Å². The van der Waals surface area contributed by atoms with Crippen LogP contribution < -0.4 is 10.6 Å². The fraction of sp³-hybridized carbons (Fsp3) is 0.385. The third-order valence-electron chi connectivity index (χ3n) is 2.33. The molecule has 0 unspecified atom stereocenters. The normalized spacial score (nSPS) is 10.4. The first-order valence-corrected chi connectivity index (χ1v) is 6.23. The molecule has 0 fully saturated rings. The van der Waals surface area contributed by atoms with Crippen molar-refractivity contribution in [2.24, 2.45) is 0 Å². The maximum absolute atomic E-state index is 11.7. The number of hydrogen-bond donors (Lipinski definition) is 2. The van der Waals surface area contributed by atoms with Crippen LogP contribution in [0.25, 0.3) is 0 Å². The highest BCUT2D eigenvalue weighted by Crippen LogP contribution is 2.21. The van der Waals surface area contributed by atoms with E-state index in [9.17, 15) is 9.59 Å². The van der Waals surface area contributed by atoms with E-state index >= 15 is 0 Å². The summed E-state index contributed by atoms with van der Waals surface area (Å²) in [5.74, 6) is -0.782. The number of halogens is 1. The van der Waals surface area contributed by atoms with Crippen LogP contribution in [0.3, 0.4) is 0 Å². The van der Waals surface area contributed by atoms with Crippen molar-refractivity contribution in [2.75, 3.05) is 19.0 Å². The smallest absolute Gasteiger partial charge is 0.340 e. The predicted molar refractivity (Wildman–Crippen MR) is 74.6 cm³/mol. The van der Waals surface area contributed by atoms with Crippen LogP contribution in [-0.4, -0.2) is 31.6 Å². The van der Waals surface area contributed by atoms with Crippen molar-refractivity contribution in [3.63, 3.8) is 0 Å². The van der Waals surface area contributed by atoms with Crippen LogP contribution in [0.4, 0.5) is 5.69 Å². The molecule has 5 nitrogen and oxygen atoms in total. The third-order valence-corrected chi connectivity index (χ3v) is 2.57. The van der Waals surface area contributed by atoms with Crippen LogP contribution in [0.2, 0.25) is 5.02 Å². The Hall–Kier alpha value is -1.59. The molecule has 0 bridgehead atoms. The van der Waals surface area contributed by atoms with Crippen molar-refractivity contribution in [3.8, 4) is 0 Å². The minimum Gasteiger partial charge on any atom is -0.465 e. The molecular formula is C13H17ClN2O3. The Labute approximate surface area is 117 Å². The van der Waals surface area contributed by atoms with E-state index in [1.54, 1.807) is 12.1 Å². The molecular weight excluding hydrogens is 268 g/mol. The number of carbonyl (C=O) groups is 2. The number of esters is 1. The van der Waals surface area contributed by atoms with Crippen LogP contribution in [0, 0.1) is 0 Å². The molecule has 0 saturated heterocycles. The molecule has 6 heteroatoms. The molecule has 0 radical (unpaired) electrons. The highest BCUT2D eigenvalue weighted by Gasteiger charge is 2.14. The minimum absolute atomic E-state index is 0.168. The predicted octanol–water partition coefficient (Wildman–Crippen LogP) is 2.06. The summed E-state index contributed by atoms with van der Waals surface area (Å²) >= 11 is 5.82. The van der Waals surface area contributed by atoms with Gasteiger partial charge in [-0.3, -0.25) is 4.79 Å². The molecule has 0 aliphatic carbocycles. The Morgan fingerprint density at radius 1 is 1.37 bits per heavy atom. The van der Waals surface area contributed by atoms with Crippen LogP contribution in [0.1, 0.15) is 24.2 Å². The Morgan fingerprint density at radius 2 is 2.05 bits per heavy atom. The average Bonchev–Trinajstić information content (AvgIpc) is 2.37. The van der Waals surface area contributed by atoms with Crippen molar-refractivity contribution in [2.45, 2.75) is 19.9 Å². The standard InChI is InChI=1S/C13H17ClN2O3/c1-8(2)15-7-12(17)16-11-5-4-9(14)6-10(11)13(18)19-3/h4-6,8,15H,7H2,1-3H3,(H,16,17). The number of methoxy groups -OCH3 is 1. The number of anilines is 1. The van der Waals surface area contributed by atoms with E-state index in [2.05, 4.69) is 15.4 Å². The second-order valence-corrected chi connectivity index (χ2v) is 4.70. The van der Waals surface area contributed by atoms with Crippen molar-refractivity contribution in [1.29, 1.82) is 0 Å². The number of hydrogen-bond acceptors (Lipinski definition) is 4. The van der Waals surface area contributed by atoms with E-state index in [1.807, 2.05) is 13.8 Å². The number of rotatable bonds is 5. The van der Waals surface area contributed by atoms with Gasteiger partial charge in [-0.25, -0.2) is 4.79 Å². The zero-order chi connectivity index (χ0) is 14.4. The first kappa shape index (κ1) is 15.5. The topological polar surface area (TPSA) is 67.4 Å². The Kier molecular flexibility index (Phi) is 5.79. The first-order valence-electron chi connectivity index (χ1n) is 5.85. The van der Waals surface area contributed by atoms with Crippen LogP contribution >= 0.6 is 11.6 Å². The summed E-state index contributed by atoms with van der Waals surface area (Å²) in [4.78, 5) is 23.3. The molecule has 0 aliphatic heterocycles. The van der Waals surface area contributed by atoms with Gasteiger partial charge in [0.2, 0.25) is 5.91 Å². The first-order chi connectivity index (χ1) is 8.93. The summed E-state index contributed by atoms with van der Waals surface area (Å²) in [7, 11) is 1.27. The van der Waals surface area contributed by atoms with Crippen LogP contribution in [0.15, 0.2) is 18.2 Å². The lowest BCUT2D eigenvalue weighted by atomic mass is 10.1.